The first-order valence-corrected chi connectivity index (χ1v) is 19.2. The normalized spacial score (nSPS) is 13.6. The second-order valence-electron chi connectivity index (χ2n) is 14.7. The fourth-order valence-electron chi connectivity index (χ4n) is 9.47. The van der Waals surface area contributed by atoms with Gasteiger partial charge >= 0.3 is 0 Å². The van der Waals surface area contributed by atoms with Crippen molar-refractivity contribution in [1.29, 1.82) is 0 Å². The molecule has 3 heteroatoms. The first-order chi connectivity index (χ1) is 27.6. The highest BCUT2D eigenvalue weighted by Crippen LogP contribution is 2.62. The molecule has 8 aromatic carbocycles. The van der Waals surface area contributed by atoms with Crippen LogP contribution < -0.4 is 4.74 Å². The van der Waals surface area contributed by atoms with Crippen molar-refractivity contribution in [1.82, 2.24) is 4.57 Å². The van der Waals surface area contributed by atoms with Crippen LogP contribution in [0.25, 0.3) is 44.2 Å². The van der Waals surface area contributed by atoms with Crippen LogP contribution in [-0.2, 0) is 5.41 Å². The number of hydrogen-bond donors (Lipinski definition) is 0. The Kier molecular flexibility index (Phi) is 7.14. The minimum atomic E-state index is -0.582. The van der Waals surface area contributed by atoms with E-state index >= 15 is 0 Å². The summed E-state index contributed by atoms with van der Waals surface area (Å²) in [5.41, 5.74) is 16.0. The van der Waals surface area contributed by atoms with Gasteiger partial charge in [0.1, 0.15) is 11.5 Å². The highest BCUT2D eigenvalue weighted by Gasteiger charge is 2.52. The number of para-hydroxylation sites is 5. The Hall–Kier alpha value is -7.23. The highest BCUT2D eigenvalue weighted by atomic mass is 16.5. The van der Waals surface area contributed by atoms with E-state index in [2.05, 4.69) is 200 Å². The van der Waals surface area contributed by atoms with Gasteiger partial charge in [0.2, 0.25) is 0 Å². The summed E-state index contributed by atoms with van der Waals surface area (Å²) in [5.74, 6) is 1.76. The van der Waals surface area contributed by atoms with E-state index in [1.54, 1.807) is 0 Å². The Morgan fingerprint density at radius 3 is 1.82 bits per heavy atom. The predicted molar refractivity (Wildman–Crippen MR) is 231 cm³/mol. The Balaban J connectivity index is 1.06. The average molecular weight is 717 g/mol. The first kappa shape index (κ1) is 32.2. The average Bonchev–Trinajstić information content (AvgIpc) is 3.75. The number of ether oxygens (including phenoxy) is 1. The van der Waals surface area contributed by atoms with E-state index in [0.29, 0.717) is 0 Å². The lowest BCUT2D eigenvalue weighted by atomic mass is 9.65. The number of nitrogens with zero attached hydrogens (tertiary/aromatic N) is 2. The largest absolute Gasteiger partial charge is 0.457 e. The van der Waals surface area contributed by atoms with Crippen molar-refractivity contribution in [2.24, 2.45) is 4.99 Å². The van der Waals surface area contributed by atoms with Crippen molar-refractivity contribution < 1.29 is 4.74 Å². The lowest BCUT2D eigenvalue weighted by Gasteiger charge is -2.40. The van der Waals surface area contributed by atoms with Crippen LogP contribution in [0.2, 0.25) is 0 Å². The zero-order valence-corrected chi connectivity index (χ0v) is 30.9. The fraction of sp³-hybridized carbons (Fsp3) is 0.0377. The molecule has 0 N–H and O–H groups in total. The lowest BCUT2D eigenvalue weighted by molar-refractivity contribution is 0.436. The molecule has 0 amide bonds. The number of aromatic nitrogens is 1. The Bertz CT molecular complexity index is 3010. The standard InChI is InChI=1S/C53H36N2O/c1-34(36-17-15-18-37(33-36)55-48-29-11-5-21-41(48)42-22-6-12-30-49(42)55)38-19-4-10-28-47(38)54-35(2)39-23-16-24-43-40-20-3-7-25-44(40)53(52(39)43)45-26-8-13-31-50(45)56-51-32-14-9-27-46(51)53/h3-33H,1H2,2H3. The summed E-state index contributed by atoms with van der Waals surface area (Å²) < 4.78 is 8.96. The second-order valence-corrected chi connectivity index (χ2v) is 14.7. The molecule has 1 aliphatic carbocycles. The summed E-state index contributed by atoms with van der Waals surface area (Å²) in [7, 11) is 0. The third-order valence-corrected chi connectivity index (χ3v) is 11.8. The highest BCUT2D eigenvalue weighted by molar-refractivity contribution is 6.09. The van der Waals surface area contributed by atoms with E-state index in [1.807, 2.05) is 0 Å². The number of rotatable bonds is 5. The summed E-state index contributed by atoms with van der Waals surface area (Å²) in [6, 6.07) is 66.9. The molecule has 0 unspecified atom stereocenters. The minimum Gasteiger partial charge on any atom is -0.457 e. The summed E-state index contributed by atoms with van der Waals surface area (Å²) in [5, 5.41) is 2.49. The maximum absolute atomic E-state index is 6.61. The molecule has 56 heavy (non-hydrogen) atoms. The van der Waals surface area contributed by atoms with E-state index < -0.39 is 5.41 Å². The molecular weight excluding hydrogens is 681 g/mol. The predicted octanol–water partition coefficient (Wildman–Crippen LogP) is 13.5. The van der Waals surface area contributed by atoms with Crippen LogP contribution in [0.5, 0.6) is 11.5 Å². The van der Waals surface area contributed by atoms with Gasteiger partial charge in [-0.3, -0.25) is 4.99 Å². The monoisotopic (exact) mass is 716 g/mol. The molecule has 0 fully saturated rings. The van der Waals surface area contributed by atoms with Crippen LogP contribution >= 0.6 is 0 Å². The summed E-state index contributed by atoms with van der Waals surface area (Å²) in [4.78, 5) is 5.48. The maximum atomic E-state index is 6.61. The third-order valence-electron chi connectivity index (χ3n) is 11.8. The molecule has 2 heterocycles. The van der Waals surface area contributed by atoms with Gasteiger partial charge in [0.15, 0.2) is 0 Å². The SMILES string of the molecule is C=C(c1cccc(-n2c3ccccc3c3ccccc32)c1)c1ccccc1N=C(C)c1cccc2c1C1(c3ccccc3Oc3ccccc31)c1ccccc1-2. The molecule has 0 radical (unpaired) electrons. The molecule has 0 bridgehead atoms. The van der Waals surface area contributed by atoms with Crippen molar-refractivity contribution >= 4 is 38.8 Å². The van der Waals surface area contributed by atoms with Crippen LogP contribution in [-0.4, -0.2) is 10.3 Å². The fourth-order valence-corrected chi connectivity index (χ4v) is 9.47. The molecule has 9 aromatic rings. The van der Waals surface area contributed by atoms with Crippen LogP contribution in [0.15, 0.2) is 200 Å². The molecule has 1 aliphatic heterocycles. The Labute approximate surface area is 326 Å². The summed E-state index contributed by atoms with van der Waals surface area (Å²) >= 11 is 0. The number of fused-ring (bicyclic) bond motifs is 12. The number of hydrogen-bond acceptors (Lipinski definition) is 2. The Morgan fingerprint density at radius 1 is 0.536 bits per heavy atom. The molecule has 2 aliphatic rings. The smallest absolute Gasteiger partial charge is 0.132 e. The molecule has 0 atom stereocenters. The molecule has 0 saturated heterocycles. The van der Waals surface area contributed by atoms with E-state index in [1.165, 1.54) is 44.1 Å². The minimum absolute atomic E-state index is 0.582. The van der Waals surface area contributed by atoms with Crippen molar-refractivity contribution in [3.63, 3.8) is 0 Å². The summed E-state index contributed by atoms with van der Waals surface area (Å²) in [6.07, 6.45) is 0. The third kappa shape index (κ3) is 4.55. The first-order valence-electron chi connectivity index (χ1n) is 19.2. The number of aliphatic imine (C=N–C) groups is 1. The Morgan fingerprint density at radius 2 is 1.09 bits per heavy atom. The van der Waals surface area contributed by atoms with Crippen molar-refractivity contribution in [3.8, 4) is 28.3 Å². The molecular formula is C53H36N2O. The molecule has 264 valence electrons. The zero-order valence-electron chi connectivity index (χ0n) is 30.9. The quantitative estimate of drug-likeness (QED) is 0.163. The van der Waals surface area contributed by atoms with Crippen molar-refractivity contribution in [2.75, 3.05) is 0 Å². The zero-order chi connectivity index (χ0) is 37.4. The van der Waals surface area contributed by atoms with E-state index in [0.717, 1.165) is 62.0 Å². The van der Waals surface area contributed by atoms with Gasteiger partial charge in [-0.25, -0.2) is 0 Å². The van der Waals surface area contributed by atoms with Crippen molar-refractivity contribution in [3.05, 3.63) is 234 Å². The molecule has 1 aromatic heterocycles. The van der Waals surface area contributed by atoms with Gasteiger partial charge in [-0.2, -0.15) is 0 Å². The topological polar surface area (TPSA) is 26.5 Å². The molecule has 3 nitrogen and oxygen atoms in total. The van der Waals surface area contributed by atoms with Gasteiger partial charge in [0.25, 0.3) is 0 Å². The van der Waals surface area contributed by atoms with Crippen molar-refractivity contribution in [2.45, 2.75) is 12.3 Å². The molecule has 11 rings (SSSR count). The van der Waals surface area contributed by atoms with Gasteiger partial charge in [-0.1, -0.05) is 152 Å². The number of benzene rings is 8. The molecule has 0 saturated carbocycles. The summed E-state index contributed by atoms with van der Waals surface area (Å²) in [6.45, 7) is 6.84. The van der Waals surface area contributed by atoms with Gasteiger partial charge in [0, 0.05) is 44.4 Å². The van der Waals surface area contributed by atoms with Gasteiger partial charge < -0.3 is 9.30 Å². The van der Waals surface area contributed by atoms with E-state index in [-0.39, 0.29) is 0 Å². The van der Waals surface area contributed by atoms with Gasteiger partial charge in [-0.05, 0) is 82.8 Å². The molecule has 1 spiro atoms. The van der Waals surface area contributed by atoms with E-state index in [9.17, 15) is 0 Å². The second kappa shape index (κ2) is 12.4. The lowest BCUT2D eigenvalue weighted by Crippen LogP contribution is -2.33. The van der Waals surface area contributed by atoms with Crippen LogP contribution in [0.4, 0.5) is 5.69 Å². The van der Waals surface area contributed by atoms with Crippen LogP contribution in [0.3, 0.4) is 0 Å². The van der Waals surface area contributed by atoms with Gasteiger partial charge in [-0.15, -0.1) is 0 Å². The van der Waals surface area contributed by atoms with Gasteiger partial charge in [0.05, 0.1) is 22.1 Å². The van der Waals surface area contributed by atoms with E-state index in [4.69, 9.17) is 16.3 Å². The van der Waals surface area contributed by atoms with Crippen LogP contribution in [0.1, 0.15) is 45.9 Å². The van der Waals surface area contributed by atoms with Crippen LogP contribution in [0, 0.1) is 0 Å². The maximum Gasteiger partial charge on any atom is 0.132 e.